The van der Waals surface area contributed by atoms with Crippen LogP contribution < -0.4 is 24.0 Å². The number of hydrogen-bond acceptors (Lipinski definition) is 14. The van der Waals surface area contributed by atoms with Crippen molar-refractivity contribution in [2.45, 2.75) is 93.6 Å². The number of quaternary nitrogens is 1. The average molecular weight is 1340 g/mol. The van der Waals surface area contributed by atoms with Crippen LogP contribution in [0.3, 0.4) is 0 Å². The largest absolute Gasteiger partial charge is 0.487 e. The van der Waals surface area contributed by atoms with E-state index in [1.54, 1.807) is 39.0 Å². The predicted molar refractivity (Wildman–Crippen MR) is 354 cm³/mol. The molecule has 1 atom stereocenters. The number of methoxy groups -OCH3 is 2. The van der Waals surface area contributed by atoms with Crippen molar-refractivity contribution < 1.29 is 78.5 Å². The number of aromatic nitrogens is 4. The van der Waals surface area contributed by atoms with Gasteiger partial charge in [-0.2, -0.15) is 48.7 Å². The molecule has 0 aliphatic rings. The zero-order chi connectivity index (χ0) is 64.0. The third-order valence-electron chi connectivity index (χ3n) is 14.0. The molecule has 0 bridgehead atoms. The quantitative estimate of drug-likeness (QED) is 0.0295. The maximum atomic E-state index is 13.6. The van der Waals surface area contributed by atoms with Gasteiger partial charge in [0.05, 0.1) is 53.5 Å². The number of hydrogen-bond donors (Lipinski definition) is 1. The number of nitrogens with zero attached hydrogens (tertiary/aromatic N) is 6. The molecule has 3 heterocycles. The molecule has 0 amide bonds. The summed E-state index contributed by atoms with van der Waals surface area (Å²) < 4.78 is 71.6. The van der Waals surface area contributed by atoms with Crippen molar-refractivity contribution in [1.29, 1.82) is 0 Å². The molecule has 0 fully saturated rings. The monoisotopic (exact) mass is 1340 g/mol. The molecule has 0 saturated heterocycles. The smallest absolute Gasteiger partial charge is 0.241 e. The Balaban J connectivity index is 0.000000274. The predicted octanol–water partition coefficient (Wildman–Crippen LogP) is 14.0. The first-order valence-electron chi connectivity index (χ1n) is 29.7. The van der Waals surface area contributed by atoms with Crippen LogP contribution in [0.15, 0.2) is 144 Å². The Bertz CT molecular complexity index is 3880. The second kappa shape index (κ2) is 35.7. The molecule has 6 aromatic carbocycles. The number of sulfone groups is 1. The van der Waals surface area contributed by atoms with E-state index in [0.717, 1.165) is 72.8 Å². The van der Waals surface area contributed by atoms with Gasteiger partial charge in [0.2, 0.25) is 5.82 Å². The molecule has 9 aromatic rings. The standard InChI is InChI=1S/C35H38ClFN4O4S.C33H36N3O4.C3H7.Y/c1-23(2)40(15-16-46(5,42)43)20-29-11-14-33(45-29)26-9-12-32-30(18-26)35(39-22-38-32)41(24(3)4)28-10-13-34(31(36)19-28)44-21-25-7-6-8-27(37)17-25;1-6-25-8-7-9-28(19-25)36(22-27-12-10-26(11-13-27)18-24(2)3)33-29-20-31(39-16-14-37-4)32(40-17-15-38-5)21-30(29)34-23-35-33;1-3-2;/h6-14,17-19,22-24H,15-16,20-21H2,1-5H3;1,7-10,12-13,19-21,23-24H,14-18,22H2,2-5H3;3H,1-2H3;/q;2*-1;/p+1. The van der Waals surface area contributed by atoms with Crippen molar-refractivity contribution in [3.63, 3.8) is 0 Å². The third kappa shape index (κ3) is 21.1. The van der Waals surface area contributed by atoms with Gasteiger partial charge < -0.3 is 39.4 Å². The van der Waals surface area contributed by atoms with Crippen molar-refractivity contribution in [2.24, 2.45) is 5.92 Å². The Kier molecular flexibility index (Phi) is 28.6. The zero-order valence-electron chi connectivity index (χ0n) is 53.4. The van der Waals surface area contributed by atoms with Crippen molar-refractivity contribution in [1.82, 2.24) is 24.8 Å². The number of halogens is 2. The zero-order valence-corrected chi connectivity index (χ0v) is 57.8. The molecule has 1 unspecified atom stereocenters. The Hall–Kier alpha value is -6.85. The summed E-state index contributed by atoms with van der Waals surface area (Å²) >= 11 is 6.68. The first-order valence-corrected chi connectivity index (χ1v) is 32.2. The number of ether oxygens (including phenoxy) is 5. The summed E-state index contributed by atoms with van der Waals surface area (Å²) in [5.41, 5.74) is 8.09. The third-order valence-corrected chi connectivity index (χ3v) is 15.2. The number of benzene rings is 6. The second-order valence-corrected chi connectivity index (χ2v) is 25.1. The van der Waals surface area contributed by atoms with E-state index in [0.29, 0.717) is 91.4 Å². The molecule has 0 aliphatic heterocycles. The molecular formula is C71H82ClFN7O8SY-. The van der Waals surface area contributed by atoms with E-state index in [9.17, 15) is 12.8 Å². The molecule has 19 heteroatoms. The molecule has 9 rings (SSSR count). The van der Waals surface area contributed by atoms with Gasteiger partial charge >= 0.3 is 0 Å². The van der Waals surface area contributed by atoms with E-state index >= 15 is 0 Å². The van der Waals surface area contributed by atoms with Gasteiger partial charge in [0, 0.05) is 112 Å². The summed E-state index contributed by atoms with van der Waals surface area (Å²) in [6, 6.07) is 43.5. The molecule has 1 N–H and O–H groups in total. The Morgan fingerprint density at radius 2 is 1.46 bits per heavy atom. The molecule has 0 saturated carbocycles. The van der Waals surface area contributed by atoms with Crippen LogP contribution in [-0.4, -0.2) is 105 Å². The number of fused-ring (bicyclic) bond motifs is 2. The van der Waals surface area contributed by atoms with Crippen LogP contribution in [0.4, 0.5) is 27.4 Å². The van der Waals surface area contributed by atoms with Crippen LogP contribution >= 0.6 is 11.6 Å². The van der Waals surface area contributed by atoms with Gasteiger partial charge in [-0.3, -0.25) is 9.80 Å². The summed E-state index contributed by atoms with van der Waals surface area (Å²) in [7, 11) is 0.210. The fourth-order valence-corrected chi connectivity index (χ4v) is 10.5. The van der Waals surface area contributed by atoms with Gasteiger partial charge in [-0.25, -0.2) is 27.8 Å². The van der Waals surface area contributed by atoms with E-state index < -0.39 is 9.84 Å². The second-order valence-electron chi connectivity index (χ2n) is 22.4. The van der Waals surface area contributed by atoms with Gasteiger partial charge in [0.15, 0.2) is 11.5 Å². The topological polar surface area (TPSA) is 156 Å². The Morgan fingerprint density at radius 3 is 2.10 bits per heavy atom. The SMILES string of the molecule is C#Cc1cccc([NH+](Cc2c[c-]c(CC(C)C)cc2)c2ncnc3cc(OCCOC)c(OCCOC)cc23)c1.CC(C)N(CCS(C)(=O)=O)Cc1ccc(-c2ccc3ncnc(N(c4ccc(OCc5cccc(F)c5)c(Cl)c4)C(C)C)c3c2)o1.C[CH-]C.[Y]. The first-order chi connectivity index (χ1) is 42.8. The van der Waals surface area contributed by atoms with Crippen molar-refractivity contribution in [3.05, 3.63) is 191 Å². The Labute approximate surface area is 561 Å². The minimum Gasteiger partial charge on any atom is -0.487 e. The van der Waals surface area contributed by atoms with Crippen LogP contribution in [0, 0.1) is 36.6 Å². The van der Waals surface area contributed by atoms with Crippen molar-refractivity contribution in [2.75, 3.05) is 64.1 Å². The van der Waals surface area contributed by atoms with Gasteiger partial charge in [-0.05, 0) is 118 Å². The number of rotatable bonds is 27. The molecule has 15 nitrogen and oxygen atoms in total. The average Bonchev–Trinajstić information content (AvgIpc) is 1.14. The van der Waals surface area contributed by atoms with Gasteiger partial charge in [-0.1, -0.05) is 49.6 Å². The van der Waals surface area contributed by atoms with E-state index in [1.165, 1.54) is 24.0 Å². The van der Waals surface area contributed by atoms with Crippen LogP contribution in [0.5, 0.6) is 17.2 Å². The summed E-state index contributed by atoms with van der Waals surface area (Å²) in [5, 5.41) is 2.12. The van der Waals surface area contributed by atoms with Gasteiger partial charge in [-0.15, -0.1) is 12.0 Å². The van der Waals surface area contributed by atoms with Crippen molar-refractivity contribution in [3.8, 4) is 40.9 Å². The maximum Gasteiger partial charge on any atom is 0.241 e. The minimum atomic E-state index is -3.07. The molecule has 473 valence electrons. The van der Waals surface area contributed by atoms with Crippen LogP contribution in [-0.2, 0) is 78.1 Å². The summed E-state index contributed by atoms with van der Waals surface area (Å²) in [6.07, 6.45) is 13.2. The molecule has 0 aliphatic carbocycles. The first kappa shape index (κ1) is 72.2. The van der Waals surface area contributed by atoms with E-state index in [-0.39, 0.29) is 63.0 Å². The number of anilines is 2. The number of terminal acetylenes is 1. The van der Waals surface area contributed by atoms with E-state index in [4.69, 9.17) is 56.1 Å². The van der Waals surface area contributed by atoms with Crippen LogP contribution in [0.2, 0.25) is 5.02 Å². The maximum absolute atomic E-state index is 13.6. The normalized spacial score (nSPS) is 11.6. The van der Waals surface area contributed by atoms with Crippen LogP contribution in [0.25, 0.3) is 33.1 Å². The number of furan rings is 1. The van der Waals surface area contributed by atoms with Gasteiger partial charge in [0.25, 0.3) is 0 Å². The number of nitrogens with one attached hydrogen (secondary N) is 1. The molecule has 1 radical (unpaired) electrons. The Morgan fingerprint density at radius 1 is 0.744 bits per heavy atom. The molecule has 90 heavy (non-hydrogen) atoms. The fourth-order valence-electron chi connectivity index (χ4n) is 9.71. The molecular weight excluding hydrogens is 1250 g/mol. The summed E-state index contributed by atoms with van der Waals surface area (Å²) in [5.74, 6) is 7.76. The van der Waals surface area contributed by atoms with Crippen LogP contribution in [0.1, 0.15) is 83.4 Å². The van der Waals surface area contributed by atoms with Gasteiger partial charge in [0.1, 0.15) is 76.9 Å². The van der Waals surface area contributed by atoms with E-state index in [2.05, 4.69) is 83.7 Å². The fraction of sp³-hybridized carbons (Fsp3) is 0.338. The molecule has 0 spiro atoms. The summed E-state index contributed by atoms with van der Waals surface area (Å²) in [6.45, 7) is 20.1. The summed E-state index contributed by atoms with van der Waals surface area (Å²) in [4.78, 5) is 23.8. The molecule has 3 aromatic heterocycles. The van der Waals surface area contributed by atoms with Crippen molar-refractivity contribution >= 4 is 66.3 Å². The minimum absolute atomic E-state index is 0. The van der Waals surface area contributed by atoms with E-state index in [1.807, 2.05) is 113 Å².